The van der Waals surface area contributed by atoms with Crippen LogP contribution in [0.5, 0.6) is 11.5 Å². The van der Waals surface area contributed by atoms with E-state index in [9.17, 15) is 14.9 Å². The molecule has 1 heterocycles. The second kappa shape index (κ2) is 10.5. The lowest BCUT2D eigenvalue weighted by Crippen LogP contribution is -2.32. The molecule has 0 spiro atoms. The first-order chi connectivity index (χ1) is 17.0. The number of nitrogens with one attached hydrogen (secondary N) is 1. The Hall–Kier alpha value is -4.61. The molecule has 1 N–H and O–H groups in total. The van der Waals surface area contributed by atoms with Gasteiger partial charge in [-0.3, -0.25) is 14.2 Å². The van der Waals surface area contributed by atoms with Crippen molar-refractivity contribution in [1.29, 1.82) is 5.26 Å². The highest BCUT2D eigenvalue weighted by Gasteiger charge is 2.17. The molecule has 4 rings (SSSR count). The van der Waals surface area contributed by atoms with Gasteiger partial charge in [0.2, 0.25) is 0 Å². The van der Waals surface area contributed by atoms with Crippen LogP contribution in [0.1, 0.15) is 5.56 Å². The van der Waals surface area contributed by atoms with Gasteiger partial charge in [-0.2, -0.15) is 5.26 Å². The zero-order valence-electron chi connectivity index (χ0n) is 19.0. The van der Waals surface area contributed by atoms with E-state index in [1.807, 2.05) is 30.3 Å². The fraction of sp³-hybridized carbons (Fsp3) is 0.0741. The number of nitriles is 1. The number of para-hydroxylation sites is 1. The third-order valence-electron chi connectivity index (χ3n) is 5.11. The van der Waals surface area contributed by atoms with Crippen molar-refractivity contribution in [2.24, 2.45) is 0 Å². The van der Waals surface area contributed by atoms with Crippen LogP contribution in [-0.4, -0.2) is 24.7 Å². The summed E-state index contributed by atoms with van der Waals surface area (Å²) in [5, 5.41) is 12.7. The van der Waals surface area contributed by atoms with E-state index in [1.54, 1.807) is 67.8 Å². The van der Waals surface area contributed by atoms with Gasteiger partial charge in [0, 0.05) is 11.8 Å². The Morgan fingerprint density at radius 3 is 2.34 bits per heavy atom. The Balaban J connectivity index is 1.92. The molecular weight excluding hydrogens is 462 g/mol. The molecule has 8 heteroatoms. The van der Waals surface area contributed by atoms with Crippen LogP contribution in [0.15, 0.2) is 83.7 Å². The second-order valence-corrected chi connectivity index (χ2v) is 8.37. The molecule has 3 aromatic carbocycles. The summed E-state index contributed by atoms with van der Waals surface area (Å²) in [6, 6.07) is 25.0. The van der Waals surface area contributed by atoms with Crippen molar-refractivity contribution in [1.82, 2.24) is 4.57 Å². The standard InChI is InChI=1S/C27H21N3O4S/c1-33-21-12-6-8-18(14-21)15-24-26(32)30(20-10-4-3-5-11-20)27(35-24)23(17-28)25(31)29-19-9-7-13-22(16-19)34-2/h3-16H,1-2H3,(H,29,31)/b24-15-,27-23-. The number of benzene rings is 3. The Morgan fingerprint density at radius 2 is 1.66 bits per heavy atom. The summed E-state index contributed by atoms with van der Waals surface area (Å²) in [5.74, 6) is 0.592. The molecule has 0 bridgehead atoms. The molecule has 0 saturated heterocycles. The maximum Gasteiger partial charge on any atom is 0.273 e. The quantitative estimate of drug-likeness (QED) is 0.455. The van der Waals surface area contributed by atoms with Crippen LogP contribution in [0.25, 0.3) is 17.3 Å². The van der Waals surface area contributed by atoms with Crippen LogP contribution < -0.4 is 29.5 Å². The molecule has 0 aliphatic carbocycles. The van der Waals surface area contributed by atoms with Gasteiger partial charge in [0.15, 0.2) is 5.57 Å². The summed E-state index contributed by atoms with van der Waals surface area (Å²) < 4.78 is 12.5. The van der Waals surface area contributed by atoms with Gasteiger partial charge in [-0.1, -0.05) is 36.4 Å². The molecule has 0 unspecified atom stereocenters. The summed E-state index contributed by atoms with van der Waals surface area (Å²) in [5.41, 5.74) is 1.27. The van der Waals surface area contributed by atoms with E-state index in [-0.39, 0.29) is 15.8 Å². The molecule has 0 radical (unpaired) electrons. The van der Waals surface area contributed by atoms with Crippen LogP contribution in [0.2, 0.25) is 0 Å². The van der Waals surface area contributed by atoms with Gasteiger partial charge in [-0.15, -0.1) is 11.3 Å². The number of hydrogen-bond donors (Lipinski definition) is 1. The lowest BCUT2D eigenvalue weighted by Gasteiger charge is -2.07. The molecule has 7 nitrogen and oxygen atoms in total. The fourth-order valence-corrected chi connectivity index (χ4v) is 4.54. The molecule has 0 fully saturated rings. The lowest BCUT2D eigenvalue weighted by molar-refractivity contribution is -0.111. The SMILES string of the molecule is COc1cccc(/C=c2\s/c(=C(/C#N)C(=O)Nc3cccc(OC)c3)n(-c3ccccc3)c2=O)c1. The van der Waals surface area contributed by atoms with Crippen LogP contribution in [0.3, 0.4) is 0 Å². The highest BCUT2D eigenvalue weighted by Crippen LogP contribution is 2.17. The first-order valence-electron chi connectivity index (χ1n) is 10.6. The van der Waals surface area contributed by atoms with Crippen LogP contribution in [0.4, 0.5) is 5.69 Å². The Morgan fingerprint density at radius 1 is 0.971 bits per heavy atom. The highest BCUT2D eigenvalue weighted by molar-refractivity contribution is 7.07. The number of amides is 1. The minimum Gasteiger partial charge on any atom is -0.497 e. The molecule has 1 aromatic heterocycles. The Bertz CT molecular complexity index is 1600. The summed E-state index contributed by atoms with van der Waals surface area (Å²) in [7, 11) is 3.10. The monoisotopic (exact) mass is 483 g/mol. The van der Waals surface area contributed by atoms with Gasteiger partial charge in [-0.05, 0) is 48.0 Å². The number of nitrogens with zero attached hydrogens (tertiary/aromatic N) is 2. The smallest absolute Gasteiger partial charge is 0.273 e. The van der Waals surface area contributed by atoms with Gasteiger partial charge in [-0.25, -0.2) is 0 Å². The van der Waals surface area contributed by atoms with E-state index in [0.29, 0.717) is 27.4 Å². The molecule has 35 heavy (non-hydrogen) atoms. The highest BCUT2D eigenvalue weighted by atomic mass is 32.1. The van der Waals surface area contributed by atoms with E-state index < -0.39 is 5.91 Å². The maximum atomic E-state index is 13.5. The minimum absolute atomic E-state index is 0.177. The normalized spacial score (nSPS) is 12.0. The van der Waals surface area contributed by atoms with Gasteiger partial charge in [0.1, 0.15) is 22.2 Å². The van der Waals surface area contributed by atoms with Crippen molar-refractivity contribution in [3.63, 3.8) is 0 Å². The van der Waals surface area contributed by atoms with Gasteiger partial charge >= 0.3 is 0 Å². The zero-order valence-corrected chi connectivity index (χ0v) is 19.8. The van der Waals surface area contributed by atoms with Crippen LogP contribution in [-0.2, 0) is 4.79 Å². The number of rotatable bonds is 6. The number of carbonyl (C=O) groups is 1. The third kappa shape index (κ3) is 5.16. The number of hydrogen-bond acceptors (Lipinski definition) is 6. The average Bonchev–Trinajstić information content (AvgIpc) is 3.20. The largest absolute Gasteiger partial charge is 0.497 e. The van der Waals surface area contributed by atoms with Crippen molar-refractivity contribution >= 4 is 34.6 Å². The second-order valence-electron chi connectivity index (χ2n) is 7.34. The fourth-order valence-electron chi connectivity index (χ4n) is 3.43. The van der Waals surface area contributed by atoms with Crippen molar-refractivity contribution in [2.75, 3.05) is 19.5 Å². The van der Waals surface area contributed by atoms with E-state index in [1.165, 1.54) is 11.7 Å². The van der Waals surface area contributed by atoms with Crippen LogP contribution in [0, 0.1) is 11.3 Å². The number of methoxy groups -OCH3 is 2. The number of carbonyl (C=O) groups excluding carboxylic acids is 1. The minimum atomic E-state index is -0.625. The third-order valence-corrected chi connectivity index (χ3v) is 6.20. The predicted octanol–water partition coefficient (Wildman–Crippen LogP) is 3.06. The number of ether oxygens (including phenoxy) is 2. The number of anilines is 1. The molecule has 1 amide bonds. The summed E-state index contributed by atoms with van der Waals surface area (Å²) in [4.78, 5) is 26.6. The summed E-state index contributed by atoms with van der Waals surface area (Å²) >= 11 is 1.08. The van der Waals surface area contributed by atoms with E-state index in [4.69, 9.17) is 9.47 Å². The topological polar surface area (TPSA) is 93.3 Å². The molecule has 174 valence electrons. The summed E-state index contributed by atoms with van der Waals surface area (Å²) in [6.45, 7) is 0. The van der Waals surface area contributed by atoms with Crippen molar-refractivity contribution < 1.29 is 14.3 Å². The Labute approximate surface area is 205 Å². The average molecular weight is 484 g/mol. The Kier molecular flexibility index (Phi) is 7.10. The van der Waals surface area contributed by atoms with Crippen LogP contribution >= 0.6 is 11.3 Å². The van der Waals surface area contributed by atoms with Gasteiger partial charge in [0.25, 0.3) is 11.5 Å². The first kappa shape index (κ1) is 23.5. The maximum absolute atomic E-state index is 13.5. The first-order valence-corrected chi connectivity index (χ1v) is 11.4. The number of aromatic nitrogens is 1. The van der Waals surface area contributed by atoms with Gasteiger partial charge in [0.05, 0.1) is 24.4 Å². The zero-order chi connectivity index (χ0) is 24.8. The number of thiazole rings is 1. The van der Waals surface area contributed by atoms with E-state index >= 15 is 0 Å². The molecule has 4 aromatic rings. The molecule has 0 saturated carbocycles. The molecule has 0 aliphatic heterocycles. The summed E-state index contributed by atoms with van der Waals surface area (Å²) in [6.07, 6.45) is 1.72. The van der Waals surface area contributed by atoms with E-state index in [2.05, 4.69) is 5.32 Å². The lowest BCUT2D eigenvalue weighted by atomic mass is 10.2. The van der Waals surface area contributed by atoms with Crippen molar-refractivity contribution in [3.8, 4) is 23.3 Å². The van der Waals surface area contributed by atoms with E-state index in [0.717, 1.165) is 16.9 Å². The van der Waals surface area contributed by atoms with Crippen molar-refractivity contribution in [3.05, 3.63) is 104 Å². The molecule has 0 atom stereocenters. The molecular formula is C27H21N3O4S. The van der Waals surface area contributed by atoms with Gasteiger partial charge < -0.3 is 14.8 Å². The molecule has 0 aliphatic rings. The predicted molar refractivity (Wildman–Crippen MR) is 136 cm³/mol. The van der Waals surface area contributed by atoms with Crippen molar-refractivity contribution in [2.45, 2.75) is 0 Å².